The van der Waals surface area contributed by atoms with E-state index in [-0.39, 0.29) is 0 Å². The first kappa shape index (κ1) is 14.1. The van der Waals surface area contributed by atoms with E-state index in [9.17, 15) is 4.79 Å². The van der Waals surface area contributed by atoms with Gasteiger partial charge in [0.2, 0.25) is 0 Å². The van der Waals surface area contributed by atoms with E-state index in [1.165, 1.54) is 5.56 Å². The lowest BCUT2D eigenvalue weighted by molar-refractivity contribution is -0.124. The molecule has 19 heavy (non-hydrogen) atoms. The van der Waals surface area contributed by atoms with Gasteiger partial charge in [0.1, 0.15) is 11.5 Å². The maximum Gasteiger partial charge on any atom is 0.135 e. The van der Waals surface area contributed by atoms with Crippen molar-refractivity contribution in [3.05, 3.63) is 29.8 Å². The van der Waals surface area contributed by atoms with Gasteiger partial charge in [-0.05, 0) is 43.6 Å². The lowest BCUT2D eigenvalue weighted by Crippen LogP contribution is -2.35. The highest BCUT2D eigenvalue weighted by atomic mass is 16.5. The molecule has 0 aromatic heterocycles. The van der Waals surface area contributed by atoms with E-state index in [4.69, 9.17) is 4.74 Å². The molecule has 0 spiro atoms. The summed E-state index contributed by atoms with van der Waals surface area (Å²) in [6, 6.07) is 8.23. The zero-order valence-corrected chi connectivity index (χ0v) is 11.9. The summed E-state index contributed by atoms with van der Waals surface area (Å²) in [5.74, 6) is 1.64. The van der Waals surface area contributed by atoms with Gasteiger partial charge >= 0.3 is 0 Å². The Morgan fingerprint density at radius 3 is 2.42 bits per heavy atom. The fraction of sp³-hybridized carbons (Fsp3) is 0.562. The molecule has 104 valence electrons. The molecule has 0 N–H and O–H groups in total. The number of piperidine rings is 1. The lowest BCUT2D eigenvalue weighted by Gasteiger charge is -2.31. The van der Waals surface area contributed by atoms with Gasteiger partial charge in [-0.3, -0.25) is 9.69 Å². The summed E-state index contributed by atoms with van der Waals surface area (Å²) in [7, 11) is 1.69. The Bertz CT molecular complexity index is 405. The lowest BCUT2D eigenvalue weighted by atomic mass is 9.91. The van der Waals surface area contributed by atoms with Crippen molar-refractivity contribution < 1.29 is 9.53 Å². The molecule has 1 aliphatic heterocycles. The van der Waals surface area contributed by atoms with E-state index in [1.54, 1.807) is 7.11 Å². The quantitative estimate of drug-likeness (QED) is 0.816. The second kappa shape index (κ2) is 6.71. The van der Waals surface area contributed by atoms with Crippen LogP contribution in [0.15, 0.2) is 24.3 Å². The van der Waals surface area contributed by atoms with Crippen LogP contribution in [0, 0.1) is 5.92 Å². The third kappa shape index (κ3) is 3.80. The Hall–Kier alpha value is -1.35. The molecule has 0 amide bonds. The van der Waals surface area contributed by atoms with Crippen LogP contribution in [0.1, 0.15) is 31.7 Å². The average Bonchev–Trinajstić information content (AvgIpc) is 2.48. The molecule has 0 unspecified atom stereocenters. The number of hydrogen-bond acceptors (Lipinski definition) is 3. The number of hydrogen-bond donors (Lipinski definition) is 0. The van der Waals surface area contributed by atoms with Crippen molar-refractivity contribution in [1.82, 2.24) is 4.90 Å². The second-order valence-electron chi connectivity index (χ2n) is 5.22. The topological polar surface area (TPSA) is 29.5 Å². The molecule has 0 aliphatic carbocycles. The Kier molecular flexibility index (Phi) is 4.97. The maximum absolute atomic E-state index is 11.7. The van der Waals surface area contributed by atoms with Gasteiger partial charge in [-0.25, -0.2) is 0 Å². The third-order valence-corrected chi connectivity index (χ3v) is 3.96. The Balaban J connectivity index is 1.83. The fourth-order valence-corrected chi connectivity index (χ4v) is 2.69. The van der Waals surface area contributed by atoms with Crippen LogP contribution in [0.4, 0.5) is 0 Å². The van der Waals surface area contributed by atoms with Crippen molar-refractivity contribution in [2.75, 3.05) is 20.2 Å². The number of carbonyl (C=O) groups excluding carboxylic acids is 1. The molecule has 1 aromatic carbocycles. The van der Waals surface area contributed by atoms with E-state index in [0.29, 0.717) is 18.1 Å². The van der Waals surface area contributed by atoms with Crippen LogP contribution in [-0.4, -0.2) is 30.9 Å². The number of carbonyl (C=O) groups is 1. The normalized spacial score (nSPS) is 17.4. The number of ether oxygens (including phenoxy) is 1. The van der Waals surface area contributed by atoms with Crippen LogP contribution in [0.25, 0.3) is 0 Å². The zero-order chi connectivity index (χ0) is 13.7. The molecular formula is C16H23NO2. The van der Waals surface area contributed by atoms with E-state index >= 15 is 0 Å². The Morgan fingerprint density at radius 2 is 1.89 bits per heavy atom. The summed E-state index contributed by atoms with van der Waals surface area (Å²) in [4.78, 5) is 14.1. The highest BCUT2D eigenvalue weighted by molar-refractivity contribution is 5.80. The minimum atomic E-state index is 0.303. The maximum atomic E-state index is 11.7. The molecule has 1 aliphatic rings. The van der Waals surface area contributed by atoms with Crippen molar-refractivity contribution >= 4 is 5.78 Å². The van der Waals surface area contributed by atoms with Crippen molar-refractivity contribution in [3.8, 4) is 5.75 Å². The molecule has 1 heterocycles. The molecule has 3 heteroatoms. The summed E-state index contributed by atoms with van der Waals surface area (Å²) in [5, 5.41) is 0. The largest absolute Gasteiger partial charge is 0.497 e. The third-order valence-electron chi connectivity index (χ3n) is 3.96. The number of Topliss-reactive ketones (excluding diaryl/α,β-unsaturated/α-hetero) is 1. The van der Waals surface area contributed by atoms with Crippen LogP contribution in [0.5, 0.6) is 5.75 Å². The van der Waals surface area contributed by atoms with Crippen molar-refractivity contribution in [2.24, 2.45) is 5.92 Å². The fourth-order valence-electron chi connectivity index (χ4n) is 2.69. The standard InChI is InChI=1S/C16H23NO2/c1-3-16(18)14-8-10-17(11-9-14)12-13-4-6-15(19-2)7-5-13/h4-7,14H,3,8-12H2,1-2H3. The number of methoxy groups -OCH3 is 1. The summed E-state index contributed by atoms with van der Waals surface area (Å²) in [5.41, 5.74) is 1.31. The first-order chi connectivity index (χ1) is 9.22. The average molecular weight is 261 g/mol. The second-order valence-corrected chi connectivity index (χ2v) is 5.22. The number of ketones is 1. The smallest absolute Gasteiger partial charge is 0.135 e. The SMILES string of the molecule is CCC(=O)C1CCN(Cc2ccc(OC)cc2)CC1. The van der Waals surface area contributed by atoms with E-state index < -0.39 is 0 Å². The molecule has 3 nitrogen and oxygen atoms in total. The first-order valence-electron chi connectivity index (χ1n) is 7.11. The van der Waals surface area contributed by atoms with Gasteiger partial charge in [-0.2, -0.15) is 0 Å². The van der Waals surface area contributed by atoms with Crippen molar-refractivity contribution in [3.63, 3.8) is 0 Å². The number of nitrogens with zero attached hydrogens (tertiary/aromatic N) is 1. The molecule has 1 aromatic rings. The predicted octanol–water partition coefficient (Wildman–Crippen LogP) is 2.89. The van der Waals surface area contributed by atoms with Gasteiger partial charge in [0.15, 0.2) is 0 Å². The first-order valence-corrected chi connectivity index (χ1v) is 7.11. The predicted molar refractivity (Wildman–Crippen MR) is 76.3 cm³/mol. The minimum Gasteiger partial charge on any atom is -0.497 e. The molecule has 0 saturated carbocycles. The zero-order valence-electron chi connectivity index (χ0n) is 11.9. The van der Waals surface area contributed by atoms with Crippen LogP contribution in [0.2, 0.25) is 0 Å². The number of benzene rings is 1. The van der Waals surface area contributed by atoms with Crippen molar-refractivity contribution in [2.45, 2.75) is 32.7 Å². The minimum absolute atomic E-state index is 0.303. The van der Waals surface area contributed by atoms with Gasteiger partial charge in [-0.15, -0.1) is 0 Å². The highest BCUT2D eigenvalue weighted by Crippen LogP contribution is 2.21. The number of rotatable bonds is 5. The van der Waals surface area contributed by atoms with Gasteiger partial charge in [0, 0.05) is 18.9 Å². The van der Waals surface area contributed by atoms with Gasteiger partial charge < -0.3 is 4.74 Å². The molecule has 0 radical (unpaired) electrons. The van der Waals surface area contributed by atoms with E-state index in [1.807, 2.05) is 19.1 Å². The Labute approximate surface area is 115 Å². The molecule has 1 saturated heterocycles. The summed E-state index contributed by atoms with van der Waals surface area (Å²) >= 11 is 0. The van der Waals surface area contributed by atoms with Crippen LogP contribution >= 0.6 is 0 Å². The van der Waals surface area contributed by atoms with Gasteiger partial charge in [0.05, 0.1) is 7.11 Å². The molecular weight excluding hydrogens is 238 g/mol. The molecule has 0 bridgehead atoms. The van der Waals surface area contributed by atoms with E-state index in [2.05, 4.69) is 17.0 Å². The van der Waals surface area contributed by atoms with Crippen LogP contribution in [0.3, 0.4) is 0 Å². The summed E-state index contributed by atoms with van der Waals surface area (Å²) in [6.07, 6.45) is 2.72. The molecule has 2 rings (SSSR count). The van der Waals surface area contributed by atoms with Gasteiger partial charge in [-0.1, -0.05) is 19.1 Å². The summed E-state index contributed by atoms with van der Waals surface area (Å²) < 4.78 is 5.16. The van der Waals surface area contributed by atoms with E-state index in [0.717, 1.165) is 38.2 Å². The van der Waals surface area contributed by atoms with Crippen LogP contribution in [-0.2, 0) is 11.3 Å². The summed E-state index contributed by atoms with van der Waals surface area (Å²) in [6.45, 7) is 4.99. The van der Waals surface area contributed by atoms with Crippen molar-refractivity contribution in [1.29, 1.82) is 0 Å². The van der Waals surface area contributed by atoms with Gasteiger partial charge in [0.25, 0.3) is 0 Å². The number of likely N-dealkylation sites (tertiary alicyclic amines) is 1. The highest BCUT2D eigenvalue weighted by Gasteiger charge is 2.23. The molecule has 1 fully saturated rings. The monoisotopic (exact) mass is 261 g/mol. The Morgan fingerprint density at radius 1 is 1.26 bits per heavy atom. The van der Waals surface area contributed by atoms with Crippen LogP contribution < -0.4 is 4.74 Å². The molecule has 0 atom stereocenters.